The Bertz CT molecular complexity index is 956. The third kappa shape index (κ3) is 5.12. The Morgan fingerprint density at radius 3 is 2.37 bits per heavy atom. The molecule has 6 nitrogen and oxygen atoms in total. The van der Waals surface area contributed by atoms with Crippen LogP contribution in [0, 0.1) is 0 Å². The van der Waals surface area contributed by atoms with Gasteiger partial charge in [-0.2, -0.15) is 0 Å². The van der Waals surface area contributed by atoms with Crippen molar-refractivity contribution in [3.05, 3.63) is 82.8 Å². The number of amides is 1. The summed E-state index contributed by atoms with van der Waals surface area (Å²) in [4.78, 5) is 31.8. The topological polar surface area (TPSA) is 84.0 Å². The quantitative estimate of drug-likeness (QED) is 0.626. The number of rotatable bonds is 6. The summed E-state index contributed by atoms with van der Waals surface area (Å²) in [7, 11) is 0. The molecule has 0 aliphatic carbocycles. The molecule has 0 fully saturated rings. The third-order valence-corrected chi connectivity index (χ3v) is 4.09. The summed E-state index contributed by atoms with van der Waals surface area (Å²) < 4.78 is 0. The summed E-state index contributed by atoms with van der Waals surface area (Å²) in [5.41, 5.74) is 2.44. The molecular weight excluding hydrogens is 364 g/mol. The van der Waals surface area contributed by atoms with Crippen molar-refractivity contribution >= 4 is 34.8 Å². The Morgan fingerprint density at radius 2 is 1.70 bits per heavy atom. The van der Waals surface area contributed by atoms with Gasteiger partial charge in [0.05, 0.1) is 0 Å². The molecule has 0 bridgehead atoms. The molecular formula is C20H17ClN4O2. The fourth-order valence-electron chi connectivity index (χ4n) is 2.36. The molecule has 2 aromatic carbocycles. The minimum Gasteiger partial charge on any atom is -0.366 e. The fourth-order valence-corrected chi connectivity index (χ4v) is 2.48. The van der Waals surface area contributed by atoms with E-state index in [2.05, 4.69) is 20.6 Å². The van der Waals surface area contributed by atoms with Crippen LogP contribution < -0.4 is 10.6 Å². The van der Waals surface area contributed by atoms with E-state index in [9.17, 15) is 9.59 Å². The zero-order valence-electron chi connectivity index (χ0n) is 14.6. The van der Waals surface area contributed by atoms with Gasteiger partial charge in [-0.15, -0.1) is 0 Å². The molecule has 1 heterocycles. The van der Waals surface area contributed by atoms with Crippen LogP contribution >= 0.6 is 11.6 Å². The van der Waals surface area contributed by atoms with E-state index in [1.165, 1.54) is 13.3 Å². The van der Waals surface area contributed by atoms with Crippen LogP contribution in [0.5, 0.6) is 0 Å². The van der Waals surface area contributed by atoms with Crippen molar-refractivity contribution in [2.24, 2.45) is 0 Å². The van der Waals surface area contributed by atoms with Gasteiger partial charge < -0.3 is 10.6 Å². The number of Topliss-reactive ketones (excluding diaryl/α,β-unsaturated/α-hetero) is 1. The monoisotopic (exact) mass is 380 g/mol. The number of halogens is 1. The van der Waals surface area contributed by atoms with Crippen molar-refractivity contribution in [2.75, 3.05) is 10.6 Å². The van der Waals surface area contributed by atoms with Crippen molar-refractivity contribution in [1.82, 2.24) is 9.97 Å². The number of aromatic nitrogens is 2. The van der Waals surface area contributed by atoms with Gasteiger partial charge in [0, 0.05) is 28.9 Å². The lowest BCUT2D eigenvalue weighted by molar-refractivity contribution is 0.101. The summed E-state index contributed by atoms with van der Waals surface area (Å²) in [6.45, 7) is 2.04. The van der Waals surface area contributed by atoms with E-state index in [1.807, 2.05) is 24.3 Å². The molecule has 0 spiro atoms. The van der Waals surface area contributed by atoms with Crippen LogP contribution in [0.1, 0.15) is 33.3 Å². The number of hydrogen-bond acceptors (Lipinski definition) is 5. The van der Waals surface area contributed by atoms with Crippen LogP contribution in [-0.2, 0) is 6.54 Å². The van der Waals surface area contributed by atoms with Crippen LogP contribution in [0.2, 0.25) is 5.02 Å². The Kier molecular flexibility index (Phi) is 5.78. The SMILES string of the molecule is CC(=O)c1ccc(NC(=O)c2cc(NCc3ccc(Cl)cc3)ncn2)cc1. The molecule has 0 aliphatic rings. The molecule has 1 amide bonds. The van der Waals surface area contributed by atoms with Crippen LogP contribution in [0.4, 0.5) is 11.5 Å². The molecule has 3 rings (SSSR count). The van der Waals surface area contributed by atoms with Crippen molar-refractivity contribution in [2.45, 2.75) is 13.5 Å². The van der Waals surface area contributed by atoms with E-state index in [-0.39, 0.29) is 17.4 Å². The largest absolute Gasteiger partial charge is 0.366 e. The van der Waals surface area contributed by atoms with Gasteiger partial charge in [0.15, 0.2) is 5.78 Å². The maximum absolute atomic E-state index is 12.4. The van der Waals surface area contributed by atoms with Gasteiger partial charge in [-0.1, -0.05) is 23.7 Å². The second-order valence-corrected chi connectivity index (χ2v) is 6.29. The smallest absolute Gasteiger partial charge is 0.274 e. The van der Waals surface area contributed by atoms with Gasteiger partial charge in [-0.05, 0) is 48.9 Å². The normalized spacial score (nSPS) is 10.3. The molecule has 0 saturated heterocycles. The van der Waals surface area contributed by atoms with Gasteiger partial charge in [0.2, 0.25) is 0 Å². The lowest BCUT2D eigenvalue weighted by Gasteiger charge is -2.08. The van der Waals surface area contributed by atoms with E-state index in [4.69, 9.17) is 11.6 Å². The Morgan fingerprint density at radius 1 is 1.00 bits per heavy atom. The first-order chi connectivity index (χ1) is 13.0. The molecule has 2 N–H and O–H groups in total. The predicted molar refractivity (Wildman–Crippen MR) is 105 cm³/mol. The maximum atomic E-state index is 12.4. The summed E-state index contributed by atoms with van der Waals surface area (Å²) in [5, 5.41) is 6.57. The Labute approximate surface area is 161 Å². The Balaban J connectivity index is 1.64. The van der Waals surface area contributed by atoms with Crippen LogP contribution in [0.15, 0.2) is 60.9 Å². The highest BCUT2D eigenvalue weighted by Gasteiger charge is 2.10. The summed E-state index contributed by atoms with van der Waals surface area (Å²) in [6.07, 6.45) is 1.33. The zero-order chi connectivity index (χ0) is 19.2. The van der Waals surface area contributed by atoms with Crippen LogP contribution in [0.3, 0.4) is 0 Å². The third-order valence-electron chi connectivity index (χ3n) is 3.84. The van der Waals surface area contributed by atoms with Gasteiger partial charge in [0.25, 0.3) is 5.91 Å². The van der Waals surface area contributed by atoms with Crippen molar-refractivity contribution in [1.29, 1.82) is 0 Å². The number of anilines is 2. The molecule has 7 heteroatoms. The van der Waals surface area contributed by atoms with E-state index in [1.54, 1.807) is 30.3 Å². The highest BCUT2D eigenvalue weighted by Crippen LogP contribution is 2.14. The second-order valence-electron chi connectivity index (χ2n) is 5.86. The first-order valence-corrected chi connectivity index (χ1v) is 8.62. The van der Waals surface area contributed by atoms with Crippen LogP contribution in [-0.4, -0.2) is 21.7 Å². The molecule has 0 saturated carbocycles. The second kappa shape index (κ2) is 8.42. The summed E-state index contributed by atoms with van der Waals surface area (Å²) in [6, 6.07) is 15.7. The predicted octanol–water partition coefficient (Wildman–Crippen LogP) is 4.20. The van der Waals surface area contributed by atoms with E-state index in [0.717, 1.165) is 5.56 Å². The molecule has 27 heavy (non-hydrogen) atoms. The molecule has 0 aliphatic heterocycles. The van der Waals surface area contributed by atoms with Gasteiger partial charge in [0.1, 0.15) is 17.8 Å². The van der Waals surface area contributed by atoms with Crippen molar-refractivity contribution < 1.29 is 9.59 Å². The lowest BCUT2D eigenvalue weighted by Crippen LogP contribution is -2.14. The summed E-state index contributed by atoms with van der Waals surface area (Å²) >= 11 is 5.87. The highest BCUT2D eigenvalue weighted by atomic mass is 35.5. The van der Waals surface area contributed by atoms with Gasteiger partial charge in [-0.3, -0.25) is 9.59 Å². The molecule has 0 atom stereocenters. The fraction of sp³-hybridized carbons (Fsp3) is 0.100. The first kappa shape index (κ1) is 18.5. The van der Waals surface area contributed by atoms with E-state index in [0.29, 0.717) is 28.6 Å². The number of carbonyl (C=O) groups is 2. The molecule has 136 valence electrons. The molecule has 0 unspecified atom stereocenters. The maximum Gasteiger partial charge on any atom is 0.274 e. The van der Waals surface area contributed by atoms with Gasteiger partial charge in [-0.25, -0.2) is 9.97 Å². The molecule has 1 aromatic heterocycles. The zero-order valence-corrected chi connectivity index (χ0v) is 15.3. The molecule has 3 aromatic rings. The molecule has 0 radical (unpaired) electrons. The highest BCUT2D eigenvalue weighted by molar-refractivity contribution is 6.30. The van der Waals surface area contributed by atoms with Gasteiger partial charge >= 0.3 is 0 Å². The van der Waals surface area contributed by atoms with Crippen molar-refractivity contribution in [3.8, 4) is 0 Å². The number of nitrogens with one attached hydrogen (secondary N) is 2. The van der Waals surface area contributed by atoms with Crippen LogP contribution in [0.25, 0.3) is 0 Å². The minimum atomic E-state index is -0.359. The number of hydrogen-bond donors (Lipinski definition) is 2. The average Bonchev–Trinajstić information content (AvgIpc) is 2.68. The first-order valence-electron chi connectivity index (χ1n) is 8.24. The Hall–Kier alpha value is -3.25. The van der Waals surface area contributed by atoms with E-state index >= 15 is 0 Å². The standard InChI is InChI=1S/C20H17ClN4O2/c1-13(26)15-4-8-17(9-5-15)25-20(27)18-10-19(24-12-23-18)22-11-14-2-6-16(21)7-3-14/h2-10,12H,11H2,1H3,(H,25,27)(H,22,23,24). The van der Waals surface area contributed by atoms with Crippen molar-refractivity contribution in [3.63, 3.8) is 0 Å². The average molecular weight is 381 g/mol. The minimum absolute atomic E-state index is 0.0277. The van der Waals surface area contributed by atoms with E-state index < -0.39 is 0 Å². The number of benzene rings is 2. The number of ketones is 1. The number of nitrogens with zero attached hydrogens (tertiary/aromatic N) is 2. The lowest BCUT2D eigenvalue weighted by atomic mass is 10.1. The number of carbonyl (C=O) groups excluding carboxylic acids is 2. The summed E-state index contributed by atoms with van der Waals surface area (Å²) in [5.74, 6) is 0.152.